The summed E-state index contributed by atoms with van der Waals surface area (Å²) in [7, 11) is -0.835. The van der Waals surface area contributed by atoms with Gasteiger partial charge in [-0.1, -0.05) is 68.5 Å². The van der Waals surface area contributed by atoms with Gasteiger partial charge >= 0.3 is 0 Å². The summed E-state index contributed by atoms with van der Waals surface area (Å²) in [5.74, 6) is 0.850. The molecule has 0 aromatic carbocycles. The van der Waals surface area contributed by atoms with E-state index in [0.29, 0.717) is 5.78 Å². The maximum Gasteiger partial charge on any atom is 0.143 e. The number of hydrogen-bond acceptors (Lipinski definition) is 1. The zero-order chi connectivity index (χ0) is 13.1. The van der Waals surface area contributed by atoms with E-state index < -0.39 is 8.80 Å². The molecular weight excluding hydrogens is 248 g/mol. The van der Waals surface area contributed by atoms with Crippen LogP contribution in [0, 0.1) is 5.92 Å². The molecule has 1 heterocycles. The Labute approximate surface area is 118 Å². The minimum atomic E-state index is -0.835. The normalized spacial score (nSPS) is 30.6. The second-order valence-corrected chi connectivity index (χ2v) is 10.4. The monoisotopic (exact) mass is 274 g/mol. The van der Waals surface area contributed by atoms with Gasteiger partial charge in [-0.2, -0.15) is 0 Å². The third-order valence-corrected chi connectivity index (χ3v) is 10.3. The van der Waals surface area contributed by atoms with Crippen LogP contribution >= 0.6 is 0 Å². The van der Waals surface area contributed by atoms with Crippen LogP contribution in [0.15, 0.2) is 24.3 Å². The van der Waals surface area contributed by atoms with Crippen molar-refractivity contribution in [2.45, 2.75) is 68.5 Å². The van der Waals surface area contributed by atoms with E-state index in [2.05, 4.69) is 24.3 Å². The van der Waals surface area contributed by atoms with Crippen LogP contribution in [0.5, 0.6) is 0 Å². The zero-order valence-corrected chi connectivity index (χ0v) is 13.1. The second-order valence-electron chi connectivity index (χ2n) is 6.72. The molecule has 1 unspecified atom stereocenters. The van der Waals surface area contributed by atoms with Gasteiger partial charge in [-0.25, -0.2) is 0 Å². The number of carbonyl (C=O) groups is 1. The molecule has 3 rings (SSSR count). The molecule has 1 saturated carbocycles. The van der Waals surface area contributed by atoms with Crippen LogP contribution in [-0.2, 0) is 4.79 Å². The Kier molecular flexibility index (Phi) is 4.06. The topological polar surface area (TPSA) is 17.1 Å². The summed E-state index contributed by atoms with van der Waals surface area (Å²) in [6.45, 7) is 0. The largest absolute Gasteiger partial charge is 0.299 e. The van der Waals surface area contributed by atoms with Gasteiger partial charge in [0.2, 0.25) is 0 Å². The van der Waals surface area contributed by atoms with Gasteiger partial charge in [0.25, 0.3) is 0 Å². The molecule has 0 aromatic heterocycles. The van der Waals surface area contributed by atoms with E-state index in [1.807, 2.05) is 0 Å². The Hall–Kier alpha value is -0.633. The van der Waals surface area contributed by atoms with Gasteiger partial charge in [0.15, 0.2) is 0 Å². The molecule has 1 aliphatic heterocycles. The third kappa shape index (κ3) is 2.52. The van der Waals surface area contributed by atoms with Crippen LogP contribution in [0.2, 0.25) is 17.1 Å². The standard InChI is InChI=1S/C17H26OSi/c18-16(15-9-3-1-4-10-15)17(11-5-2-6-12-17)19-13-7-8-14-19/h1,3-4,9,15,19H,2,5-8,10-14H2. The Morgan fingerprint density at radius 1 is 1.00 bits per heavy atom. The van der Waals surface area contributed by atoms with Crippen molar-refractivity contribution in [2.24, 2.45) is 5.92 Å². The maximum atomic E-state index is 13.2. The minimum Gasteiger partial charge on any atom is -0.299 e. The molecule has 1 nitrogen and oxygen atoms in total. The molecule has 3 aliphatic rings. The summed E-state index contributed by atoms with van der Waals surface area (Å²) in [6, 6.07) is 2.88. The average molecular weight is 274 g/mol. The molecule has 0 amide bonds. The number of ketones is 1. The van der Waals surface area contributed by atoms with E-state index in [9.17, 15) is 4.79 Å². The molecule has 1 atom stereocenters. The Morgan fingerprint density at radius 3 is 2.37 bits per heavy atom. The molecule has 1 saturated heterocycles. The minimum absolute atomic E-state index is 0.189. The van der Waals surface area contributed by atoms with Crippen molar-refractivity contribution in [2.75, 3.05) is 0 Å². The van der Waals surface area contributed by atoms with Gasteiger partial charge in [-0.15, -0.1) is 0 Å². The highest BCUT2D eigenvalue weighted by molar-refractivity contribution is 6.67. The second kappa shape index (κ2) is 5.78. The predicted octanol–water partition coefficient (Wildman–Crippen LogP) is 4.41. The van der Waals surface area contributed by atoms with Crippen molar-refractivity contribution >= 4 is 14.6 Å². The molecule has 2 aliphatic carbocycles. The highest BCUT2D eigenvalue weighted by atomic mass is 28.3. The first-order valence-corrected chi connectivity index (χ1v) is 10.4. The predicted molar refractivity (Wildman–Crippen MR) is 83.2 cm³/mol. The molecule has 0 N–H and O–H groups in total. The van der Waals surface area contributed by atoms with Crippen LogP contribution in [0.25, 0.3) is 0 Å². The fraction of sp³-hybridized carbons (Fsp3) is 0.706. The number of rotatable bonds is 3. The highest BCUT2D eigenvalue weighted by Gasteiger charge is 2.48. The summed E-state index contributed by atoms with van der Waals surface area (Å²) >= 11 is 0. The molecular formula is C17H26OSi. The summed E-state index contributed by atoms with van der Waals surface area (Å²) in [4.78, 5) is 13.2. The molecule has 2 heteroatoms. The van der Waals surface area contributed by atoms with Crippen molar-refractivity contribution in [3.05, 3.63) is 24.3 Å². The number of hydrogen-bond donors (Lipinski definition) is 0. The van der Waals surface area contributed by atoms with Gasteiger partial charge in [0, 0.05) is 11.0 Å². The summed E-state index contributed by atoms with van der Waals surface area (Å²) in [6.07, 6.45) is 18.7. The Balaban J connectivity index is 1.83. The average Bonchev–Trinajstić information content (AvgIpc) is 3.03. The van der Waals surface area contributed by atoms with E-state index in [4.69, 9.17) is 0 Å². The molecule has 0 radical (unpaired) electrons. The highest BCUT2D eigenvalue weighted by Crippen LogP contribution is 2.53. The fourth-order valence-electron chi connectivity index (χ4n) is 4.66. The lowest BCUT2D eigenvalue weighted by atomic mass is 9.78. The van der Waals surface area contributed by atoms with E-state index >= 15 is 0 Å². The molecule has 2 fully saturated rings. The molecule has 0 spiro atoms. The molecule has 19 heavy (non-hydrogen) atoms. The lowest BCUT2D eigenvalue weighted by Gasteiger charge is -2.42. The van der Waals surface area contributed by atoms with Crippen molar-refractivity contribution in [3.8, 4) is 0 Å². The Bertz CT molecular complexity index is 384. The first-order chi connectivity index (χ1) is 9.33. The summed E-state index contributed by atoms with van der Waals surface area (Å²) in [5, 5.41) is 0.189. The lowest BCUT2D eigenvalue weighted by Crippen LogP contribution is -2.42. The number of allylic oxidation sites excluding steroid dienone is 4. The fourth-order valence-corrected chi connectivity index (χ4v) is 9.46. The van der Waals surface area contributed by atoms with Gasteiger partial charge < -0.3 is 0 Å². The van der Waals surface area contributed by atoms with E-state index in [1.165, 1.54) is 57.0 Å². The molecule has 0 bridgehead atoms. The van der Waals surface area contributed by atoms with Crippen molar-refractivity contribution in [3.63, 3.8) is 0 Å². The summed E-state index contributed by atoms with van der Waals surface area (Å²) in [5.41, 5.74) is 0. The smallest absolute Gasteiger partial charge is 0.143 e. The SMILES string of the molecule is O=C(C1C=CC=CC1)C1([SiH]2CCCC2)CCCCC1. The molecule has 104 valence electrons. The first kappa shape index (κ1) is 13.4. The molecule has 0 aromatic rings. The van der Waals surface area contributed by atoms with E-state index in [-0.39, 0.29) is 11.0 Å². The van der Waals surface area contributed by atoms with Crippen molar-refractivity contribution in [1.29, 1.82) is 0 Å². The van der Waals surface area contributed by atoms with Gasteiger partial charge in [-0.3, -0.25) is 4.79 Å². The quantitative estimate of drug-likeness (QED) is 0.697. The van der Waals surface area contributed by atoms with Crippen LogP contribution in [-0.4, -0.2) is 14.6 Å². The van der Waals surface area contributed by atoms with Crippen LogP contribution in [0.3, 0.4) is 0 Å². The Morgan fingerprint density at radius 2 is 1.74 bits per heavy atom. The third-order valence-electron chi connectivity index (χ3n) is 5.69. The van der Waals surface area contributed by atoms with Crippen molar-refractivity contribution < 1.29 is 4.79 Å². The summed E-state index contributed by atoms with van der Waals surface area (Å²) < 4.78 is 0. The zero-order valence-electron chi connectivity index (χ0n) is 11.9. The van der Waals surface area contributed by atoms with Crippen LogP contribution < -0.4 is 0 Å². The lowest BCUT2D eigenvalue weighted by molar-refractivity contribution is -0.125. The number of carbonyl (C=O) groups excluding carboxylic acids is 1. The van der Waals surface area contributed by atoms with Gasteiger partial charge in [0.1, 0.15) is 5.78 Å². The van der Waals surface area contributed by atoms with E-state index in [0.717, 1.165) is 6.42 Å². The van der Waals surface area contributed by atoms with Gasteiger partial charge in [-0.05, 0) is 19.3 Å². The van der Waals surface area contributed by atoms with Crippen molar-refractivity contribution in [1.82, 2.24) is 0 Å². The first-order valence-electron chi connectivity index (χ1n) is 8.20. The van der Waals surface area contributed by atoms with Crippen LogP contribution in [0.4, 0.5) is 0 Å². The van der Waals surface area contributed by atoms with E-state index in [1.54, 1.807) is 0 Å². The van der Waals surface area contributed by atoms with Crippen LogP contribution in [0.1, 0.15) is 51.4 Å². The maximum absolute atomic E-state index is 13.2. The van der Waals surface area contributed by atoms with Gasteiger partial charge in [0.05, 0.1) is 8.80 Å². The number of Topliss-reactive ketones (excluding diaryl/α,β-unsaturated/α-hetero) is 1.